The number of carboxylic acids is 1. The summed E-state index contributed by atoms with van der Waals surface area (Å²) in [6.45, 7) is 1.89. The molecule has 0 saturated heterocycles. The van der Waals surface area contributed by atoms with Gasteiger partial charge in [0.05, 0.1) is 18.5 Å². The van der Waals surface area contributed by atoms with E-state index in [2.05, 4.69) is 0 Å². The number of aliphatic carboxylic acids is 1. The van der Waals surface area contributed by atoms with Crippen LogP contribution in [0.5, 0.6) is 0 Å². The van der Waals surface area contributed by atoms with Gasteiger partial charge in [-0.25, -0.2) is 0 Å². The minimum Gasteiger partial charge on any atom is -0.549 e. The zero-order chi connectivity index (χ0) is 11.3. The first kappa shape index (κ1) is 15.5. The average Bonchev–Trinajstić information content (AvgIpc) is 2.19. The maximum Gasteiger partial charge on any atom is 1.00 e. The Bertz CT molecular complexity index is 236. The van der Waals surface area contributed by atoms with Crippen LogP contribution in [-0.4, -0.2) is 18.5 Å². The van der Waals surface area contributed by atoms with E-state index in [4.69, 9.17) is 4.74 Å². The number of carbonyl (C=O) groups excluding carboxylic acids is 2. The normalized spacial score (nSPS) is 18.3. The summed E-state index contributed by atoms with van der Waals surface area (Å²) >= 11 is 0. The van der Waals surface area contributed by atoms with Crippen molar-refractivity contribution >= 4 is 11.9 Å². The van der Waals surface area contributed by atoms with Gasteiger partial charge in [-0.1, -0.05) is 19.3 Å². The van der Waals surface area contributed by atoms with Crippen molar-refractivity contribution in [1.29, 1.82) is 0 Å². The summed E-state index contributed by atoms with van der Waals surface area (Å²) in [4.78, 5) is 22.3. The van der Waals surface area contributed by atoms with Crippen molar-refractivity contribution in [2.45, 2.75) is 39.0 Å². The van der Waals surface area contributed by atoms with Crippen LogP contribution < -0.4 is 24.0 Å². The van der Waals surface area contributed by atoms with E-state index in [1.165, 1.54) is 0 Å². The van der Waals surface area contributed by atoms with E-state index in [9.17, 15) is 14.7 Å². The Morgan fingerprint density at radius 1 is 1.31 bits per heavy atom. The van der Waals surface area contributed by atoms with Gasteiger partial charge in [-0.3, -0.25) is 4.79 Å². The molecule has 1 aliphatic rings. The molecule has 4 nitrogen and oxygen atoms in total. The van der Waals surface area contributed by atoms with Crippen molar-refractivity contribution in [2.24, 2.45) is 11.8 Å². The number of esters is 1. The van der Waals surface area contributed by atoms with Crippen LogP contribution in [0.1, 0.15) is 39.0 Å². The summed E-state index contributed by atoms with van der Waals surface area (Å²) in [5.74, 6) is -3.09. The van der Waals surface area contributed by atoms with E-state index in [0.717, 1.165) is 32.1 Å². The van der Waals surface area contributed by atoms with E-state index >= 15 is 0 Å². The fourth-order valence-corrected chi connectivity index (χ4v) is 2.18. The number of rotatable bonds is 4. The summed E-state index contributed by atoms with van der Waals surface area (Å²) in [6, 6.07) is 0. The zero-order valence-corrected chi connectivity index (χ0v) is 10.0. The topological polar surface area (TPSA) is 66.4 Å². The van der Waals surface area contributed by atoms with Gasteiger partial charge in [0.15, 0.2) is 0 Å². The van der Waals surface area contributed by atoms with Crippen molar-refractivity contribution in [2.75, 3.05) is 6.61 Å². The first-order valence-corrected chi connectivity index (χ1v) is 5.54. The quantitative estimate of drug-likeness (QED) is 0.298. The molecule has 0 spiro atoms. The Morgan fingerprint density at radius 2 is 1.88 bits per heavy atom. The first-order valence-electron chi connectivity index (χ1n) is 5.54. The minimum atomic E-state index is -1.29. The second kappa shape index (κ2) is 7.75. The van der Waals surface area contributed by atoms with E-state index in [-0.39, 0.29) is 31.4 Å². The molecule has 86 valence electrons. The van der Waals surface area contributed by atoms with Crippen LogP contribution in [0.4, 0.5) is 0 Å². The van der Waals surface area contributed by atoms with Gasteiger partial charge in [0, 0.05) is 0 Å². The molecule has 1 saturated carbocycles. The predicted octanol–water partition coefficient (Wildman–Crippen LogP) is -2.50. The SMILES string of the molecule is CCOC(=O)C(C(=O)[O-])C1CCCCC1.[Li+]. The van der Waals surface area contributed by atoms with Crippen molar-refractivity contribution < 1.29 is 38.3 Å². The fraction of sp³-hybridized carbons (Fsp3) is 0.818. The monoisotopic (exact) mass is 220 g/mol. The second-order valence-corrected chi connectivity index (χ2v) is 3.95. The molecule has 0 aromatic rings. The molecule has 1 aliphatic carbocycles. The van der Waals surface area contributed by atoms with Crippen LogP contribution in [0.3, 0.4) is 0 Å². The Balaban J connectivity index is 0.00000225. The first-order chi connectivity index (χ1) is 7.16. The van der Waals surface area contributed by atoms with Gasteiger partial charge in [0.2, 0.25) is 0 Å². The van der Waals surface area contributed by atoms with Crippen molar-refractivity contribution in [3.8, 4) is 0 Å². The molecular formula is C11H17LiO4. The van der Waals surface area contributed by atoms with E-state index < -0.39 is 17.9 Å². The molecule has 1 rings (SSSR count). The Morgan fingerprint density at radius 3 is 2.31 bits per heavy atom. The van der Waals surface area contributed by atoms with Crippen molar-refractivity contribution in [3.63, 3.8) is 0 Å². The largest absolute Gasteiger partial charge is 1.00 e. The van der Waals surface area contributed by atoms with Crippen LogP contribution in [0.25, 0.3) is 0 Å². The fourth-order valence-electron chi connectivity index (χ4n) is 2.18. The molecule has 0 aliphatic heterocycles. The number of carboxylic acid groups (broad SMARTS) is 1. The van der Waals surface area contributed by atoms with E-state index in [1.54, 1.807) is 6.92 Å². The third kappa shape index (κ3) is 4.19. The summed E-state index contributed by atoms with van der Waals surface area (Å²) < 4.78 is 4.76. The summed E-state index contributed by atoms with van der Waals surface area (Å²) in [5.41, 5.74) is 0. The standard InChI is InChI=1S/C11H18O4.Li/c1-2-15-11(14)9(10(12)13)8-6-4-3-5-7-8;/h8-9H,2-7H2,1H3,(H,12,13);/q;+1/p-1. The Kier molecular flexibility index (Phi) is 7.53. The van der Waals surface area contributed by atoms with Gasteiger partial charge in [0.25, 0.3) is 0 Å². The van der Waals surface area contributed by atoms with Gasteiger partial charge in [-0.2, -0.15) is 0 Å². The van der Waals surface area contributed by atoms with Crippen molar-refractivity contribution in [3.05, 3.63) is 0 Å². The smallest absolute Gasteiger partial charge is 0.549 e. The third-order valence-corrected chi connectivity index (χ3v) is 2.92. The molecule has 1 unspecified atom stereocenters. The van der Waals surface area contributed by atoms with Crippen LogP contribution in [-0.2, 0) is 14.3 Å². The Labute approximate surface area is 108 Å². The maximum atomic E-state index is 11.4. The molecule has 1 atom stereocenters. The molecule has 0 heterocycles. The Hall–Kier alpha value is -0.463. The van der Waals surface area contributed by atoms with Gasteiger partial charge in [-0.15, -0.1) is 0 Å². The summed E-state index contributed by atoms with van der Waals surface area (Å²) in [7, 11) is 0. The molecule has 0 radical (unpaired) electrons. The predicted molar refractivity (Wildman–Crippen MR) is 51.7 cm³/mol. The van der Waals surface area contributed by atoms with Gasteiger partial charge in [0.1, 0.15) is 0 Å². The second-order valence-electron chi connectivity index (χ2n) is 3.95. The molecule has 0 aromatic carbocycles. The molecule has 0 aromatic heterocycles. The van der Waals surface area contributed by atoms with E-state index in [0.29, 0.717) is 0 Å². The molecule has 16 heavy (non-hydrogen) atoms. The van der Waals surface area contributed by atoms with E-state index in [1.807, 2.05) is 0 Å². The number of ether oxygens (including phenoxy) is 1. The molecule has 1 fully saturated rings. The minimum absolute atomic E-state index is 0. The average molecular weight is 220 g/mol. The number of hydrogen-bond acceptors (Lipinski definition) is 4. The molecule has 0 N–H and O–H groups in total. The van der Waals surface area contributed by atoms with Crippen LogP contribution >= 0.6 is 0 Å². The third-order valence-electron chi connectivity index (χ3n) is 2.92. The van der Waals surface area contributed by atoms with Gasteiger partial charge in [-0.05, 0) is 25.7 Å². The summed E-state index contributed by atoms with van der Waals surface area (Å²) in [5, 5.41) is 10.9. The molecular weight excluding hydrogens is 203 g/mol. The van der Waals surface area contributed by atoms with Crippen molar-refractivity contribution in [1.82, 2.24) is 0 Å². The molecule has 0 amide bonds. The van der Waals surface area contributed by atoms with Gasteiger partial charge >= 0.3 is 24.8 Å². The van der Waals surface area contributed by atoms with Crippen LogP contribution in [0, 0.1) is 11.8 Å². The summed E-state index contributed by atoms with van der Waals surface area (Å²) in [6.07, 6.45) is 4.69. The van der Waals surface area contributed by atoms with Crippen LogP contribution in [0.2, 0.25) is 0 Å². The number of hydrogen-bond donors (Lipinski definition) is 0. The molecule has 5 heteroatoms. The zero-order valence-electron chi connectivity index (χ0n) is 10.0. The van der Waals surface area contributed by atoms with Gasteiger partial charge < -0.3 is 14.6 Å². The maximum absolute atomic E-state index is 11.4. The number of carbonyl (C=O) groups is 2. The van der Waals surface area contributed by atoms with Crippen LogP contribution in [0.15, 0.2) is 0 Å². The molecule has 0 bridgehead atoms.